The Bertz CT molecular complexity index is 291. The Balaban J connectivity index is 2.34. The molecule has 0 aliphatic heterocycles. The average Bonchev–Trinajstić information content (AvgIpc) is 2.24. The number of aryl methyl sites for hydroxylation is 2. The van der Waals surface area contributed by atoms with E-state index in [4.69, 9.17) is 0 Å². The predicted octanol–water partition coefficient (Wildman–Crippen LogP) is 4.01. The zero-order chi connectivity index (χ0) is 11.1. The second kappa shape index (κ2) is 6.60. The Labute approximate surface area is 93.9 Å². The first kappa shape index (κ1) is 12.2. The van der Waals surface area contributed by atoms with Crippen LogP contribution in [0.25, 0.3) is 0 Å². The van der Waals surface area contributed by atoms with Crippen molar-refractivity contribution < 1.29 is 0 Å². The summed E-state index contributed by atoms with van der Waals surface area (Å²) in [6.07, 6.45) is 12.8. The van der Waals surface area contributed by atoms with E-state index in [1.807, 2.05) is 6.20 Å². The van der Waals surface area contributed by atoms with Gasteiger partial charge in [-0.3, -0.25) is 4.98 Å². The van der Waals surface area contributed by atoms with Crippen LogP contribution < -0.4 is 0 Å². The second-order valence-electron chi connectivity index (χ2n) is 4.32. The van der Waals surface area contributed by atoms with Crippen LogP contribution >= 0.6 is 0 Å². The summed E-state index contributed by atoms with van der Waals surface area (Å²) in [4.78, 5) is 4.14. The summed E-state index contributed by atoms with van der Waals surface area (Å²) < 4.78 is 0. The Hall–Kier alpha value is -0.850. The first-order valence-electron chi connectivity index (χ1n) is 6.08. The van der Waals surface area contributed by atoms with E-state index in [1.54, 1.807) is 0 Å². The third-order valence-corrected chi connectivity index (χ3v) is 3.03. The standard InChI is InChI=1S/C14H22N/c1-4-5-6-7-8-9-14-11-15-10-12(2)13(14)3/h10H,4-9H2,1-3H3. The maximum absolute atomic E-state index is 4.14. The highest BCUT2D eigenvalue weighted by Gasteiger charge is 2.01. The van der Waals surface area contributed by atoms with Crippen LogP contribution in [0, 0.1) is 20.0 Å². The first-order chi connectivity index (χ1) is 7.25. The van der Waals surface area contributed by atoms with Crippen molar-refractivity contribution in [3.8, 4) is 0 Å². The number of unbranched alkanes of at least 4 members (excludes halogenated alkanes) is 4. The van der Waals surface area contributed by atoms with Gasteiger partial charge in [0.1, 0.15) is 0 Å². The van der Waals surface area contributed by atoms with Gasteiger partial charge in [-0.1, -0.05) is 32.6 Å². The molecule has 1 heteroatoms. The Morgan fingerprint density at radius 1 is 1.13 bits per heavy atom. The number of nitrogens with zero attached hydrogens (tertiary/aromatic N) is 1. The van der Waals surface area contributed by atoms with Crippen LogP contribution in [-0.4, -0.2) is 4.98 Å². The molecule has 0 aliphatic carbocycles. The molecule has 0 saturated carbocycles. The molecular formula is C14H22N. The summed E-state index contributed by atoms with van der Waals surface area (Å²) in [6.45, 7) is 6.55. The summed E-state index contributed by atoms with van der Waals surface area (Å²) in [6, 6.07) is 0. The molecule has 0 amide bonds. The Kier molecular flexibility index (Phi) is 5.38. The summed E-state index contributed by atoms with van der Waals surface area (Å²) in [5.41, 5.74) is 3.98. The third kappa shape index (κ3) is 4.03. The number of rotatable bonds is 6. The van der Waals surface area contributed by atoms with Crippen LogP contribution in [0.15, 0.2) is 6.20 Å². The van der Waals surface area contributed by atoms with Crippen LogP contribution in [0.4, 0.5) is 0 Å². The molecule has 0 spiro atoms. The lowest BCUT2D eigenvalue weighted by atomic mass is 10.0. The van der Waals surface area contributed by atoms with E-state index in [1.165, 1.54) is 48.8 Å². The fraction of sp³-hybridized carbons (Fsp3) is 0.643. The van der Waals surface area contributed by atoms with Gasteiger partial charge in [-0.15, -0.1) is 0 Å². The molecule has 15 heavy (non-hydrogen) atoms. The maximum Gasteiger partial charge on any atom is 0.0923 e. The second-order valence-corrected chi connectivity index (χ2v) is 4.32. The number of hydrogen-bond acceptors (Lipinski definition) is 1. The average molecular weight is 204 g/mol. The van der Waals surface area contributed by atoms with E-state index >= 15 is 0 Å². The number of aromatic nitrogens is 1. The van der Waals surface area contributed by atoms with Crippen molar-refractivity contribution in [3.05, 3.63) is 29.1 Å². The molecule has 1 nitrogen and oxygen atoms in total. The van der Waals surface area contributed by atoms with E-state index < -0.39 is 0 Å². The van der Waals surface area contributed by atoms with Gasteiger partial charge in [0.25, 0.3) is 0 Å². The van der Waals surface area contributed by atoms with Crippen molar-refractivity contribution in [3.63, 3.8) is 0 Å². The van der Waals surface area contributed by atoms with E-state index in [0.29, 0.717) is 0 Å². The lowest BCUT2D eigenvalue weighted by Gasteiger charge is -2.06. The fourth-order valence-corrected chi connectivity index (χ4v) is 1.77. The molecule has 0 unspecified atom stereocenters. The lowest BCUT2D eigenvalue weighted by Crippen LogP contribution is -1.95. The predicted molar refractivity (Wildman–Crippen MR) is 65.0 cm³/mol. The van der Waals surface area contributed by atoms with Gasteiger partial charge in [0, 0.05) is 6.20 Å². The van der Waals surface area contributed by atoms with Crippen LogP contribution in [0.1, 0.15) is 55.7 Å². The topological polar surface area (TPSA) is 12.9 Å². The first-order valence-corrected chi connectivity index (χ1v) is 6.08. The summed E-state index contributed by atoms with van der Waals surface area (Å²) >= 11 is 0. The van der Waals surface area contributed by atoms with Crippen molar-refractivity contribution in [2.45, 2.75) is 59.3 Å². The van der Waals surface area contributed by atoms with Gasteiger partial charge in [-0.25, -0.2) is 0 Å². The summed E-state index contributed by atoms with van der Waals surface area (Å²) in [5, 5.41) is 0. The summed E-state index contributed by atoms with van der Waals surface area (Å²) in [5.74, 6) is 0. The molecule has 1 heterocycles. The van der Waals surface area contributed by atoms with E-state index in [2.05, 4.69) is 32.0 Å². The van der Waals surface area contributed by atoms with E-state index in [9.17, 15) is 0 Å². The molecule has 0 fully saturated rings. The van der Waals surface area contributed by atoms with Crippen molar-refractivity contribution in [1.29, 1.82) is 0 Å². The quantitative estimate of drug-likeness (QED) is 0.638. The maximum atomic E-state index is 4.14. The SMILES string of the molecule is CCCCCCCc1[c]ncc(C)c1C. The number of pyridine rings is 1. The molecule has 0 N–H and O–H groups in total. The van der Waals surface area contributed by atoms with Crippen LogP contribution in [0.2, 0.25) is 0 Å². The molecule has 0 aromatic carbocycles. The highest BCUT2D eigenvalue weighted by atomic mass is 14.6. The normalized spacial score (nSPS) is 10.6. The minimum absolute atomic E-state index is 1.14. The molecule has 0 aliphatic rings. The van der Waals surface area contributed by atoms with Crippen molar-refractivity contribution in [2.24, 2.45) is 0 Å². The molecule has 0 atom stereocenters. The molecule has 83 valence electrons. The lowest BCUT2D eigenvalue weighted by molar-refractivity contribution is 0.630. The fourth-order valence-electron chi connectivity index (χ4n) is 1.77. The van der Waals surface area contributed by atoms with Gasteiger partial charge in [-0.05, 0) is 43.4 Å². The largest absolute Gasteiger partial charge is 0.254 e. The van der Waals surface area contributed by atoms with Gasteiger partial charge < -0.3 is 0 Å². The highest BCUT2D eigenvalue weighted by molar-refractivity contribution is 5.28. The van der Waals surface area contributed by atoms with Gasteiger partial charge in [0.15, 0.2) is 0 Å². The minimum atomic E-state index is 1.14. The number of hydrogen-bond donors (Lipinski definition) is 0. The molecular weight excluding hydrogens is 182 g/mol. The van der Waals surface area contributed by atoms with Gasteiger partial charge >= 0.3 is 0 Å². The molecule has 1 aromatic heterocycles. The minimum Gasteiger partial charge on any atom is -0.254 e. The third-order valence-electron chi connectivity index (χ3n) is 3.03. The van der Waals surface area contributed by atoms with E-state index in [0.717, 1.165) is 6.42 Å². The van der Waals surface area contributed by atoms with Crippen LogP contribution in [0.3, 0.4) is 0 Å². The van der Waals surface area contributed by atoms with E-state index in [-0.39, 0.29) is 0 Å². The zero-order valence-corrected chi connectivity index (χ0v) is 10.3. The molecule has 0 saturated heterocycles. The smallest absolute Gasteiger partial charge is 0.0923 e. The van der Waals surface area contributed by atoms with Gasteiger partial charge in [0.2, 0.25) is 0 Å². The van der Waals surface area contributed by atoms with Crippen molar-refractivity contribution in [1.82, 2.24) is 4.98 Å². The van der Waals surface area contributed by atoms with Crippen LogP contribution in [0.5, 0.6) is 0 Å². The molecule has 1 rings (SSSR count). The van der Waals surface area contributed by atoms with Crippen LogP contribution in [-0.2, 0) is 6.42 Å². The summed E-state index contributed by atoms with van der Waals surface area (Å²) in [7, 11) is 0. The Morgan fingerprint density at radius 3 is 2.60 bits per heavy atom. The van der Waals surface area contributed by atoms with Crippen molar-refractivity contribution >= 4 is 0 Å². The highest BCUT2D eigenvalue weighted by Crippen LogP contribution is 2.14. The Morgan fingerprint density at radius 2 is 1.87 bits per heavy atom. The molecule has 1 aromatic rings. The molecule has 1 radical (unpaired) electrons. The zero-order valence-electron chi connectivity index (χ0n) is 10.3. The van der Waals surface area contributed by atoms with Gasteiger partial charge in [0.05, 0.1) is 6.20 Å². The van der Waals surface area contributed by atoms with Gasteiger partial charge in [-0.2, -0.15) is 0 Å². The van der Waals surface area contributed by atoms with Crippen molar-refractivity contribution in [2.75, 3.05) is 0 Å². The molecule has 0 bridgehead atoms. The monoisotopic (exact) mass is 204 g/mol.